The zero-order valence-corrected chi connectivity index (χ0v) is 6.62. The Kier molecular flexibility index (Phi) is 19.9. The third kappa shape index (κ3) is 10.8. The summed E-state index contributed by atoms with van der Waals surface area (Å²) < 4.78 is 0. The summed E-state index contributed by atoms with van der Waals surface area (Å²) in [5.74, 6) is 0. The molecule has 0 bridgehead atoms. The van der Waals surface area contributed by atoms with Crippen molar-refractivity contribution in [2.24, 2.45) is 0 Å². The van der Waals surface area contributed by atoms with Crippen molar-refractivity contribution in [3.8, 4) is 0 Å². The van der Waals surface area contributed by atoms with Crippen molar-refractivity contribution in [1.29, 1.82) is 0 Å². The van der Waals surface area contributed by atoms with Crippen molar-refractivity contribution in [2.75, 3.05) is 0 Å². The molecule has 1 heteroatoms. The Labute approximate surface area is 55.6 Å². The molecule has 23 valence electrons. The molecule has 0 nitrogen and oxygen atoms in total. The van der Waals surface area contributed by atoms with E-state index < -0.39 is 0 Å². The van der Waals surface area contributed by atoms with Crippen LogP contribution in [0.3, 0.4) is 0 Å². The summed E-state index contributed by atoms with van der Waals surface area (Å²) in [6, 6.07) is 0. The van der Waals surface area contributed by atoms with Gasteiger partial charge in [-0.25, -0.2) is 0 Å². The van der Waals surface area contributed by atoms with Crippen LogP contribution < -0.4 is 0 Å². The van der Waals surface area contributed by atoms with E-state index in [1.807, 2.05) is 6.92 Å². The minimum atomic E-state index is 0. The van der Waals surface area contributed by atoms with Gasteiger partial charge in [-0.1, -0.05) is 6.92 Å². The molecule has 0 aliphatic rings. The van der Waals surface area contributed by atoms with Crippen LogP contribution in [0.2, 0.25) is 0 Å². The SMILES string of the molecule is [CH2-]CC.[La]. The molecule has 0 saturated heterocycles. The fourth-order valence-electron chi connectivity index (χ4n) is 0. The molecule has 0 amide bonds. The van der Waals surface area contributed by atoms with Crippen molar-refractivity contribution < 1.29 is 35.6 Å². The van der Waals surface area contributed by atoms with Crippen LogP contribution in [0.15, 0.2) is 0 Å². The standard InChI is InChI=1S/C3H7.La/c1-3-2;/h1,3H2,2H3;/q-1;. The summed E-state index contributed by atoms with van der Waals surface area (Å²) in [6.45, 7) is 5.50. The van der Waals surface area contributed by atoms with Gasteiger partial charge < -0.3 is 6.92 Å². The molecule has 1 radical (unpaired) electrons. The van der Waals surface area contributed by atoms with Crippen LogP contribution in [0.25, 0.3) is 0 Å². The van der Waals surface area contributed by atoms with Crippen molar-refractivity contribution >= 4 is 0 Å². The van der Waals surface area contributed by atoms with Gasteiger partial charge in [-0.2, -0.15) is 6.42 Å². The summed E-state index contributed by atoms with van der Waals surface area (Å²) in [5.41, 5.74) is 0. The molecule has 0 heterocycles. The fraction of sp³-hybridized carbons (Fsp3) is 0.667. The molecule has 0 saturated carbocycles. The van der Waals surface area contributed by atoms with Gasteiger partial charge in [-0.05, 0) is 0 Å². The average molecular weight is 182 g/mol. The summed E-state index contributed by atoms with van der Waals surface area (Å²) >= 11 is 0. The largest absolute Gasteiger partial charge is 0.344 e. The van der Waals surface area contributed by atoms with Crippen LogP contribution in [0.1, 0.15) is 13.3 Å². The summed E-state index contributed by atoms with van der Waals surface area (Å²) in [7, 11) is 0. The molecule has 0 rings (SSSR count). The smallest absolute Gasteiger partial charge is 0 e. The van der Waals surface area contributed by atoms with Gasteiger partial charge in [0.25, 0.3) is 0 Å². The van der Waals surface area contributed by atoms with Crippen LogP contribution in [0.4, 0.5) is 0 Å². The number of hydrogen-bond acceptors (Lipinski definition) is 0. The summed E-state index contributed by atoms with van der Waals surface area (Å²) in [6.07, 6.45) is 1.00. The minimum absolute atomic E-state index is 0. The van der Waals surface area contributed by atoms with E-state index in [1.165, 1.54) is 0 Å². The van der Waals surface area contributed by atoms with E-state index in [0.717, 1.165) is 6.42 Å². The Morgan fingerprint density at radius 2 is 1.75 bits per heavy atom. The Morgan fingerprint density at radius 1 is 1.75 bits per heavy atom. The van der Waals surface area contributed by atoms with Gasteiger partial charge in [0, 0.05) is 35.6 Å². The first-order chi connectivity index (χ1) is 1.41. The van der Waals surface area contributed by atoms with Crippen LogP contribution in [-0.4, -0.2) is 0 Å². The maximum atomic E-state index is 3.49. The van der Waals surface area contributed by atoms with Gasteiger partial charge in [0.2, 0.25) is 0 Å². The molecular weight excluding hydrogens is 175 g/mol. The number of hydrogen-bond donors (Lipinski definition) is 0. The van der Waals surface area contributed by atoms with Gasteiger partial charge >= 0.3 is 0 Å². The zero-order valence-electron chi connectivity index (χ0n) is 2.99. The van der Waals surface area contributed by atoms with Crippen molar-refractivity contribution in [2.45, 2.75) is 13.3 Å². The molecule has 0 aliphatic carbocycles. The molecule has 0 unspecified atom stereocenters. The van der Waals surface area contributed by atoms with E-state index in [0.29, 0.717) is 0 Å². The second kappa shape index (κ2) is 8.89. The summed E-state index contributed by atoms with van der Waals surface area (Å²) in [5, 5.41) is 0. The van der Waals surface area contributed by atoms with Gasteiger partial charge in [0.15, 0.2) is 0 Å². The van der Waals surface area contributed by atoms with E-state index in [4.69, 9.17) is 0 Å². The second-order valence-corrected chi connectivity index (χ2v) is 0.500. The molecule has 0 aliphatic heterocycles. The van der Waals surface area contributed by atoms with Gasteiger partial charge in [0.1, 0.15) is 0 Å². The zero-order chi connectivity index (χ0) is 2.71. The molecular formula is C3H7La-. The quantitative estimate of drug-likeness (QED) is 0.494. The van der Waals surface area contributed by atoms with Gasteiger partial charge in [-0.3, -0.25) is 0 Å². The van der Waals surface area contributed by atoms with Gasteiger partial charge in [0.05, 0.1) is 0 Å². The van der Waals surface area contributed by atoms with Crippen LogP contribution in [0, 0.1) is 42.5 Å². The van der Waals surface area contributed by atoms with Crippen LogP contribution in [-0.2, 0) is 0 Å². The number of rotatable bonds is 0. The van der Waals surface area contributed by atoms with E-state index in [2.05, 4.69) is 6.92 Å². The first-order valence-corrected chi connectivity index (χ1v) is 1.21. The van der Waals surface area contributed by atoms with Crippen molar-refractivity contribution in [1.82, 2.24) is 0 Å². The van der Waals surface area contributed by atoms with Crippen LogP contribution >= 0.6 is 0 Å². The monoisotopic (exact) mass is 182 g/mol. The van der Waals surface area contributed by atoms with E-state index in [9.17, 15) is 0 Å². The summed E-state index contributed by atoms with van der Waals surface area (Å²) in [4.78, 5) is 0. The Balaban J connectivity index is 0. The third-order valence-corrected chi connectivity index (χ3v) is 0. The fourth-order valence-corrected chi connectivity index (χ4v) is 0. The maximum absolute atomic E-state index is 3.49. The third-order valence-electron chi connectivity index (χ3n) is 0. The van der Waals surface area contributed by atoms with E-state index in [-0.39, 0.29) is 35.6 Å². The van der Waals surface area contributed by atoms with E-state index in [1.54, 1.807) is 0 Å². The Morgan fingerprint density at radius 3 is 1.75 bits per heavy atom. The second-order valence-electron chi connectivity index (χ2n) is 0.500. The molecule has 0 aromatic rings. The molecule has 0 atom stereocenters. The Hall–Kier alpha value is 1.19. The van der Waals surface area contributed by atoms with E-state index >= 15 is 0 Å². The predicted octanol–water partition coefficient (Wildman–Crippen LogP) is 1.23. The first-order valence-electron chi connectivity index (χ1n) is 1.21. The Bertz CT molecular complexity index is 3.25. The van der Waals surface area contributed by atoms with Crippen molar-refractivity contribution in [3.63, 3.8) is 0 Å². The molecule has 0 N–H and O–H groups in total. The topological polar surface area (TPSA) is 0 Å². The van der Waals surface area contributed by atoms with Crippen molar-refractivity contribution in [3.05, 3.63) is 6.92 Å². The minimum Gasteiger partial charge on any atom is -0.344 e. The van der Waals surface area contributed by atoms with Gasteiger partial charge in [-0.15, -0.1) is 0 Å². The molecule has 4 heavy (non-hydrogen) atoms. The van der Waals surface area contributed by atoms with Crippen LogP contribution in [0.5, 0.6) is 0 Å². The predicted molar refractivity (Wildman–Crippen MR) is 15.6 cm³/mol. The first kappa shape index (κ1) is 8.96. The average Bonchev–Trinajstić information content (AvgIpc) is 0.918. The maximum Gasteiger partial charge on any atom is 0 e. The molecule has 0 aromatic heterocycles. The molecule has 0 spiro atoms. The normalized spacial score (nSPS) is 4.50. The molecule has 0 fully saturated rings. The molecule has 0 aromatic carbocycles.